The highest BCUT2D eigenvalue weighted by Crippen LogP contribution is 2.16. The number of hydrogen-bond acceptors (Lipinski definition) is 3. The van der Waals surface area contributed by atoms with E-state index < -0.39 is 0 Å². The quantitative estimate of drug-likeness (QED) is 0.855. The Kier molecular flexibility index (Phi) is 3.03. The molecule has 5 heteroatoms. The molecule has 0 aliphatic carbocycles. The average molecular weight is 219 g/mol. The Morgan fingerprint density at radius 2 is 2.19 bits per heavy atom. The third-order valence-electron chi connectivity index (χ3n) is 2.45. The molecule has 0 atom stereocenters. The lowest BCUT2D eigenvalue weighted by atomic mass is 10.3. The van der Waals surface area contributed by atoms with Gasteiger partial charge in [0.15, 0.2) is 5.82 Å². The van der Waals surface area contributed by atoms with Crippen molar-refractivity contribution >= 4 is 0 Å². The van der Waals surface area contributed by atoms with Crippen LogP contribution in [-0.2, 0) is 13.0 Å². The van der Waals surface area contributed by atoms with Crippen molar-refractivity contribution in [3.05, 3.63) is 17.6 Å². The number of hydrogen-bond donors (Lipinski definition) is 1. The lowest BCUT2D eigenvalue weighted by Crippen LogP contribution is -2.00. The molecule has 2 aromatic rings. The van der Waals surface area contributed by atoms with Crippen LogP contribution in [0.5, 0.6) is 0 Å². The molecular weight excluding hydrogens is 202 g/mol. The van der Waals surface area contributed by atoms with E-state index in [2.05, 4.69) is 34.1 Å². The topological polar surface area (TPSA) is 59.4 Å². The number of rotatable bonds is 4. The summed E-state index contributed by atoms with van der Waals surface area (Å²) in [6.45, 7) is 7.01. The maximum atomic E-state index is 4.46. The maximum Gasteiger partial charge on any atom is 0.199 e. The molecule has 2 rings (SSSR count). The number of aromatic nitrogens is 5. The zero-order valence-electron chi connectivity index (χ0n) is 9.99. The molecule has 0 fully saturated rings. The Balaban J connectivity index is 2.34. The first-order valence-electron chi connectivity index (χ1n) is 5.70. The van der Waals surface area contributed by atoms with Gasteiger partial charge in [-0.05, 0) is 26.3 Å². The van der Waals surface area contributed by atoms with E-state index in [-0.39, 0.29) is 0 Å². The molecule has 0 aromatic carbocycles. The fourth-order valence-corrected chi connectivity index (χ4v) is 1.73. The Morgan fingerprint density at radius 1 is 1.38 bits per heavy atom. The van der Waals surface area contributed by atoms with Crippen LogP contribution in [0.2, 0.25) is 0 Å². The Morgan fingerprint density at radius 3 is 2.88 bits per heavy atom. The molecule has 0 bridgehead atoms. The minimum atomic E-state index is 0.742. The summed E-state index contributed by atoms with van der Waals surface area (Å²) in [6.07, 6.45) is 2.01. The molecule has 0 spiro atoms. The van der Waals surface area contributed by atoms with Crippen molar-refractivity contribution in [3.63, 3.8) is 0 Å². The molecule has 0 aliphatic rings. The van der Waals surface area contributed by atoms with Gasteiger partial charge in [0.25, 0.3) is 0 Å². The zero-order valence-corrected chi connectivity index (χ0v) is 9.99. The van der Waals surface area contributed by atoms with Crippen molar-refractivity contribution in [2.24, 2.45) is 0 Å². The minimum Gasteiger partial charge on any atom is -0.263 e. The van der Waals surface area contributed by atoms with Crippen LogP contribution in [0.15, 0.2) is 6.07 Å². The van der Waals surface area contributed by atoms with E-state index in [1.807, 2.05) is 17.7 Å². The highest BCUT2D eigenvalue weighted by molar-refractivity contribution is 5.49. The minimum absolute atomic E-state index is 0.742. The van der Waals surface area contributed by atoms with Gasteiger partial charge in [-0.25, -0.2) is 4.98 Å². The summed E-state index contributed by atoms with van der Waals surface area (Å²) in [5.74, 6) is 1.69. The van der Waals surface area contributed by atoms with Crippen LogP contribution in [0.25, 0.3) is 11.5 Å². The Labute approximate surface area is 94.9 Å². The molecule has 16 heavy (non-hydrogen) atoms. The second kappa shape index (κ2) is 4.47. The van der Waals surface area contributed by atoms with Gasteiger partial charge in [-0.15, -0.1) is 0 Å². The normalized spacial score (nSPS) is 10.9. The van der Waals surface area contributed by atoms with E-state index >= 15 is 0 Å². The number of aromatic amines is 1. The first-order valence-corrected chi connectivity index (χ1v) is 5.70. The lowest BCUT2D eigenvalue weighted by molar-refractivity contribution is 0.657. The second-order valence-electron chi connectivity index (χ2n) is 3.84. The third-order valence-corrected chi connectivity index (χ3v) is 2.45. The molecule has 1 N–H and O–H groups in total. The summed E-state index contributed by atoms with van der Waals surface area (Å²) >= 11 is 0. The van der Waals surface area contributed by atoms with Crippen molar-refractivity contribution < 1.29 is 0 Å². The van der Waals surface area contributed by atoms with Crippen molar-refractivity contribution in [1.82, 2.24) is 25.0 Å². The Hall–Kier alpha value is -1.65. The SMILES string of the molecule is CCCc1nc(-c2cc(C)nn2CC)n[nH]1. The van der Waals surface area contributed by atoms with Crippen molar-refractivity contribution in [2.45, 2.75) is 40.2 Å². The van der Waals surface area contributed by atoms with E-state index in [4.69, 9.17) is 0 Å². The van der Waals surface area contributed by atoms with Crippen molar-refractivity contribution in [2.75, 3.05) is 0 Å². The average Bonchev–Trinajstić information content (AvgIpc) is 2.85. The fraction of sp³-hybridized carbons (Fsp3) is 0.545. The maximum absolute atomic E-state index is 4.46. The van der Waals surface area contributed by atoms with E-state index in [1.165, 1.54) is 0 Å². The summed E-state index contributed by atoms with van der Waals surface area (Å²) in [7, 11) is 0. The second-order valence-corrected chi connectivity index (χ2v) is 3.84. The number of nitrogens with zero attached hydrogens (tertiary/aromatic N) is 4. The van der Waals surface area contributed by atoms with Gasteiger partial charge in [-0.2, -0.15) is 10.2 Å². The van der Waals surface area contributed by atoms with Crippen LogP contribution in [0.1, 0.15) is 31.8 Å². The van der Waals surface area contributed by atoms with Crippen LogP contribution in [0, 0.1) is 6.92 Å². The molecule has 0 aliphatic heterocycles. The van der Waals surface area contributed by atoms with Crippen molar-refractivity contribution in [1.29, 1.82) is 0 Å². The molecule has 0 radical (unpaired) electrons. The predicted octanol–water partition coefficient (Wildman–Crippen LogP) is 1.95. The highest BCUT2D eigenvalue weighted by atomic mass is 15.3. The standard InChI is InChI=1S/C11H17N5/c1-4-6-10-12-11(14-13-10)9-7-8(3)15-16(9)5-2/h7H,4-6H2,1-3H3,(H,12,13,14). The van der Waals surface area contributed by atoms with Gasteiger partial charge in [0, 0.05) is 13.0 Å². The summed E-state index contributed by atoms with van der Waals surface area (Å²) < 4.78 is 1.92. The molecule has 0 amide bonds. The molecule has 0 unspecified atom stereocenters. The summed E-state index contributed by atoms with van der Waals surface area (Å²) in [5.41, 5.74) is 1.98. The van der Waals surface area contributed by atoms with Gasteiger partial charge in [-0.1, -0.05) is 6.92 Å². The van der Waals surface area contributed by atoms with Crippen LogP contribution < -0.4 is 0 Å². The number of aryl methyl sites for hydroxylation is 3. The summed E-state index contributed by atoms with van der Waals surface area (Å²) in [6, 6.07) is 2.02. The molecule has 2 aromatic heterocycles. The molecule has 0 saturated carbocycles. The number of nitrogens with one attached hydrogen (secondary N) is 1. The van der Waals surface area contributed by atoms with E-state index in [9.17, 15) is 0 Å². The van der Waals surface area contributed by atoms with Crippen LogP contribution in [0.3, 0.4) is 0 Å². The van der Waals surface area contributed by atoms with Crippen molar-refractivity contribution in [3.8, 4) is 11.5 Å². The third kappa shape index (κ3) is 1.98. The molecule has 86 valence electrons. The molecule has 2 heterocycles. The van der Waals surface area contributed by atoms with Crippen LogP contribution in [-0.4, -0.2) is 25.0 Å². The molecule has 0 saturated heterocycles. The Bertz CT molecular complexity index is 468. The van der Waals surface area contributed by atoms with Gasteiger partial charge >= 0.3 is 0 Å². The van der Waals surface area contributed by atoms with Gasteiger partial charge in [0.05, 0.1) is 5.69 Å². The van der Waals surface area contributed by atoms with E-state index in [0.717, 1.165) is 42.4 Å². The zero-order chi connectivity index (χ0) is 11.5. The smallest absolute Gasteiger partial charge is 0.199 e. The monoisotopic (exact) mass is 219 g/mol. The van der Waals surface area contributed by atoms with Crippen LogP contribution >= 0.6 is 0 Å². The van der Waals surface area contributed by atoms with Gasteiger partial charge in [0.1, 0.15) is 11.5 Å². The predicted molar refractivity (Wildman–Crippen MR) is 62.0 cm³/mol. The van der Waals surface area contributed by atoms with Crippen LogP contribution in [0.4, 0.5) is 0 Å². The highest BCUT2D eigenvalue weighted by Gasteiger charge is 2.11. The number of H-pyrrole nitrogens is 1. The summed E-state index contributed by atoms with van der Waals surface area (Å²) in [4.78, 5) is 4.46. The first kappa shape index (κ1) is 10.9. The molecular formula is C11H17N5. The molecule has 5 nitrogen and oxygen atoms in total. The largest absolute Gasteiger partial charge is 0.263 e. The van der Waals surface area contributed by atoms with Gasteiger partial charge in [-0.3, -0.25) is 9.78 Å². The van der Waals surface area contributed by atoms with Gasteiger partial charge < -0.3 is 0 Å². The van der Waals surface area contributed by atoms with Gasteiger partial charge in [0.2, 0.25) is 0 Å². The van der Waals surface area contributed by atoms with E-state index in [0.29, 0.717) is 0 Å². The first-order chi connectivity index (χ1) is 7.74. The van der Waals surface area contributed by atoms with E-state index in [1.54, 1.807) is 0 Å². The lowest BCUT2D eigenvalue weighted by Gasteiger charge is -1.98. The summed E-state index contributed by atoms with van der Waals surface area (Å²) in [5, 5.41) is 11.6. The fourth-order valence-electron chi connectivity index (χ4n) is 1.73.